The minimum atomic E-state index is -0.216. The van der Waals surface area contributed by atoms with Crippen LogP contribution in [-0.2, 0) is 0 Å². The molecule has 0 bridgehead atoms. The zero-order chi connectivity index (χ0) is 7.98. The van der Waals surface area contributed by atoms with Crippen molar-refractivity contribution in [3.8, 4) is 12.1 Å². The Balaban J connectivity index is 3.85. The molecule has 0 fully saturated rings. The molecule has 0 aliphatic carbocycles. The molecule has 0 aliphatic heterocycles. The van der Waals surface area contributed by atoms with Gasteiger partial charge < -0.3 is 0 Å². The molecule has 0 amide bonds. The number of nitrogens with zero attached hydrogens (tertiary/aromatic N) is 2. The predicted octanol–water partition coefficient (Wildman–Crippen LogP) is 2.20. The van der Waals surface area contributed by atoms with Crippen LogP contribution in [0.5, 0.6) is 0 Å². The summed E-state index contributed by atoms with van der Waals surface area (Å²) in [5, 5.41) is 17.4. The molecule has 0 aromatic heterocycles. The van der Waals surface area contributed by atoms with Gasteiger partial charge in [0.25, 0.3) is 0 Å². The fourth-order valence-electron chi connectivity index (χ4n) is 0.459. The minimum Gasteiger partial charge on any atom is -0.198 e. The van der Waals surface area contributed by atoms with Crippen LogP contribution in [0.25, 0.3) is 0 Å². The fraction of sp³-hybridized carbons (Fsp3) is 0.667. The van der Waals surface area contributed by atoms with E-state index in [1.807, 2.05) is 12.1 Å². The fourth-order valence-corrected chi connectivity index (χ4v) is 1.94. The number of rotatable bonds is 3. The van der Waals surface area contributed by atoms with Gasteiger partial charge in [0.05, 0.1) is 12.1 Å². The zero-order valence-corrected chi connectivity index (χ0v) is 8.39. The van der Waals surface area contributed by atoms with Gasteiger partial charge >= 0.3 is 0 Å². The summed E-state index contributed by atoms with van der Waals surface area (Å²) in [6.45, 7) is 0. The number of nitriles is 2. The molecule has 0 aromatic rings. The van der Waals surface area contributed by atoms with E-state index in [9.17, 15) is 0 Å². The maximum absolute atomic E-state index is 8.44. The first-order valence-electron chi connectivity index (χ1n) is 2.72. The molecule has 2 nitrogen and oxygen atoms in total. The third-order valence-corrected chi connectivity index (χ3v) is 2.87. The van der Waals surface area contributed by atoms with Gasteiger partial charge in [0, 0.05) is 17.7 Å². The second kappa shape index (κ2) is 5.70. The topological polar surface area (TPSA) is 47.6 Å². The van der Waals surface area contributed by atoms with E-state index in [0.29, 0.717) is 11.8 Å². The molecule has 2 unspecified atom stereocenters. The van der Waals surface area contributed by atoms with Crippen molar-refractivity contribution in [1.29, 1.82) is 10.5 Å². The number of alkyl halides is 2. The average molecular weight is 266 g/mol. The Hall–Kier alpha value is -0.0600. The predicted molar refractivity (Wildman–Crippen MR) is 45.8 cm³/mol. The lowest BCUT2D eigenvalue weighted by atomic mass is 10.1. The van der Waals surface area contributed by atoms with E-state index in [0.717, 1.165) is 0 Å². The second-order valence-corrected chi connectivity index (χ2v) is 3.44. The summed E-state index contributed by atoms with van der Waals surface area (Å²) < 4.78 is 0. The minimum absolute atomic E-state index is 0.0926. The Morgan fingerprint density at radius 3 is 2.30 bits per heavy atom. The Labute approximate surface area is 77.1 Å². The van der Waals surface area contributed by atoms with Crippen LogP contribution in [0, 0.1) is 28.6 Å². The molecule has 10 heavy (non-hydrogen) atoms. The van der Waals surface area contributed by atoms with Crippen molar-refractivity contribution in [3.63, 3.8) is 0 Å². The van der Waals surface area contributed by atoms with Gasteiger partial charge in [0.2, 0.25) is 0 Å². The van der Waals surface area contributed by atoms with Gasteiger partial charge in [-0.15, -0.1) is 0 Å². The highest BCUT2D eigenvalue weighted by Gasteiger charge is 2.16. The van der Waals surface area contributed by atoms with Crippen LogP contribution in [0.2, 0.25) is 0 Å². The molecular formula is C6H6Br2N2. The van der Waals surface area contributed by atoms with E-state index in [4.69, 9.17) is 10.5 Å². The van der Waals surface area contributed by atoms with Gasteiger partial charge in [-0.05, 0) is 0 Å². The van der Waals surface area contributed by atoms with E-state index in [1.54, 1.807) is 0 Å². The molecule has 0 saturated heterocycles. The van der Waals surface area contributed by atoms with Crippen LogP contribution in [-0.4, -0.2) is 10.2 Å². The van der Waals surface area contributed by atoms with Gasteiger partial charge in [-0.25, -0.2) is 0 Å². The Bertz CT molecular complexity index is 168. The first kappa shape index (κ1) is 9.94. The van der Waals surface area contributed by atoms with Crippen LogP contribution < -0.4 is 0 Å². The van der Waals surface area contributed by atoms with Crippen molar-refractivity contribution in [2.45, 2.75) is 11.2 Å². The van der Waals surface area contributed by atoms with Crippen LogP contribution >= 0.6 is 31.9 Å². The third kappa shape index (κ3) is 3.20. The van der Waals surface area contributed by atoms with Gasteiger partial charge in [0.15, 0.2) is 0 Å². The lowest BCUT2D eigenvalue weighted by Gasteiger charge is -2.08. The highest BCUT2D eigenvalue weighted by Crippen LogP contribution is 2.17. The highest BCUT2D eigenvalue weighted by atomic mass is 79.9. The van der Waals surface area contributed by atoms with Crippen molar-refractivity contribution in [3.05, 3.63) is 0 Å². The molecule has 0 aliphatic rings. The van der Waals surface area contributed by atoms with Crippen LogP contribution in [0.15, 0.2) is 0 Å². The number of hydrogen-bond acceptors (Lipinski definition) is 2. The molecule has 0 spiro atoms. The van der Waals surface area contributed by atoms with Gasteiger partial charge in [-0.3, -0.25) is 0 Å². The molecule has 2 atom stereocenters. The zero-order valence-electron chi connectivity index (χ0n) is 5.22. The highest BCUT2D eigenvalue weighted by molar-refractivity contribution is 9.10. The van der Waals surface area contributed by atoms with E-state index in [-0.39, 0.29) is 10.7 Å². The molecule has 54 valence electrons. The molecule has 4 heteroatoms. The van der Waals surface area contributed by atoms with Gasteiger partial charge in [-0.1, -0.05) is 31.9 Å². The molecule has 0 radical (unpaired) electrons. The maximum atomic E-state index is 8.44. The van der Waals surface area contributed by atoms with Gasteiger partial charge in [-0.2, -0.15) is 10.5 Å². The Kier molecular flexibility index (Phi) is 5.67. The lowest BCUT2D eigenvalue weighted by molar-refractivity contribution is 0.651. The summed E-state index contributed by atoms with van der Waals surface area (Å²) in [4.78, 5) is -0.216. The summed E-state index contributed by atoms with van der Waals surface area (Å²) in [6.07, 6.45) is 0.411. The second-order valence-electron chi connectivity index (χ2n) is 1.81. The van der Waals surface area contributed by atoms with Crippen LogP contribution in [0.3, 0.4) is 0 Å². The van der Waals surface area contributed by atoms with E-state index in [1.165, 1.54) is 0 Å². The summed E-state index contributed by atoms with van der Waals surface area (Å²) in [7, 11) is 0. The van der Waals surface area contributed by atoms with Crippen molar-refractivity contribution >= 4 is 31.9 Å². The maximum Gasteiger partial charge on any atom is 0.106 e. The van der Waals surface area contributed by atoms with Crippen molar-refractivity contribution in [2.24, 2.45) is 5.92 Å². The van der Waals surface area contributed by atoms with E-state index >= 15 is 0 Å². The van der Waals surface area contributed by atoms with Crippen molar-refractivity contribution in [1.82, 2.24) is 0 Å². The number of halogens is 2. The third-order valence-electron chi connectivity index (χ3n) is 1.09. The molecule has 0 aromatic carbocycles. The summed E-state index contributed by atoms with van der Waals surface area (Å²) in [5.74, 6) is 0.0926. The lowest BCUT2D eigenvalue weighted by Crippen LogP contribution is -2.12. The first-order valence-corrected chi connectivity index (χ1v) is 4.76. The van der Waals surface area contributed by atoms with Crippen molar-refractivity contribution in [2.75, 3.05) is 5.33 Å². The van der Waals surface area contributed by atoms with Crippen molar-refractivity contribution < 1.29 is 0 Å². The molecule has 0 rings (SSSR count). The monoisotopic (exact) mass is 264 g/mol. The quantitative estimate of drug-likeness (QED) is 0.735. The standard InChI is InChI=1S/C6H6Br2N2/c7-3-5(1-2-9)6(8)4-10/h5-6H,1,3H2. The normalized spacial score (nSPS) is 14.8. The SMILES string of the molecule is N#CCC(CBr)C(Br)C#N. The summed E-state index contributed by atoms with van der Waals surface area (Å²) >= 11 is 6.39. The Morgan fingerprint density at radius 2 is 2.00 bits per heavy atom. The van der Waals surface area contributed by atoms with Crippen LogP contribution in [0.1, 0.15) is 6.42 Å². The molecule has 0 saturated carbocycles. The first-order chi connectivity index (χ1) is 4.76. The average Bonchev–Trinajstić information content (AvgIpc) is 1.99. The molecule has 0 heterocycles. The van der Waals surface area contributed by atoms with Gasteiger partial charge in [0.1, 0.15) is 4.83 Å². The summed E-state index contributed by atoms with van der Waals surface area (Å²) in [6, 6.07) is 4.06. The van der Waals surface area contributed by atoms with Crippen LogP contribution in [0.4, 0.5) is 0 Å². The molecular weight excluding hydrogens is 260 g/mol. The largest absolute Gasteiger partial charge is 0.198 e. The smallest absolute Gasteiger partial charge is 0.106 e. The summed E-state index contributed by atoms with van der Waals surface area (Å²) in [5.41, 5.74) is 0. The Morgan fingerprint density at radius 1 is 1.40 bits per heavy atom. The molecule has 0 N–H and O–H groups in total. The van der Waals surface area contributed by atoms with E-state index in [2.05, 4.69) is 31.9 Å². The van der Waals surface area contributed by atoms with E-state index < -0.39 is 0 Å². The number of hydrogen-bond donors (Lipinski definition) is 0.